The zero-order valence-corrected chi connectivity index (χ0v) is 10.7. The number of hydrogen-bond donors (Lipinski definition) is 1. The molecule has 0 spiro atoms. The van der Waals surface area contributed by atoms with Crippen molar-refractivity contribution in [3.63, 3.8) is 0 Å². The standard InChI is InChI=1S/C12H22N4O/c1-13-7-11-3-4-15(9-11)12-8-14-16(10-12)5-6-17-2/h8,10-11,13H,3-7,9H2,1-2H3. The number of rotatable bonds is 6. The lowest BCUT2D eigenvalue weighted by atomic mass is 10.1. The largest absolute Gasteiger partial charge is 0.383 e. The second-order valence-electron chi connectivity index (χ2n) is 4.61. The fourth-order valence-electron chi connectivity index (χ4n) is 2.35. The van der Waals surface area contributed by atoms with Crippen LogP contribution in [0.5, 0.6) is 0 Å². The molecule has 0 aliphatic carbocycles. The molecule has 1 aromatic heterocycles. The first-order chi connectivity index (χ1) is 8.33. The molecule has 1 atom stereocenters. The summed E-state index contributed by atoms with van der Waals surface area (Å²) >= 11 is 0. The van der Waals surface area contributed by atoms with Gasteiger partial charge in [-0.15, -0.1) is 0 Å². The number of hydrogen-bond acceptors (Lipinski definition) is 4. The third-order valence-electron chi connectivity index (χ3n) is 3.29. The zero-order valence-electron chi connectivity index (χ0n) is 10.7. The van der Waals surface area contributed by atoms with Crippen molar-refractivity contribution in [1.29, 1.82) is 0 Å². The third kappa shape index (κ3) is 3.20. The highest BCUT2D eigenvalue weighted by molar-refractivity contribution is 5.43. The minimum absolute atomic E-state index is 0.712. The van der Waals surface area contributed by atoms with Crippen LogP contribution in [0.4, 0.5) is 5.69 Å². The van der Waals surface area contributed by atoms with E-state index in [0.717, 1.165) is 32.1 Å². The highest BCUT2D eigenvalue weighted by Crippen LogP contribution is 2.22. The first-order valence-corrected chi connectivity index (χ1v) is 6.24. The van der Waals surface area contributed by atoms with Crippen molar-refractivity contribution in [2.45, 2.75) is 13.0 Å². The Bertz CT molecular complexity index is 339. The number of aromatic nitrogens is 2. The van der Waals surface area contributed by atoms with E-state index in [4.69, 9.17) is 4.74 Å². The molecule has 0 radical (unpaired) electrons. The van der Waals surface area contributed by atoms with Crippen molar-refractivity contribution in [2.75, 3.05) is 45.3 Å². The van der Waals surface area contributed by atoms with Crippen LogP contribution >= 0.6 is 0 Å². The van der Waals surface area contributed by atoms with E-state index in [1.807, 2.05) is 17.9 Å². The van der Waals surface area contributed by atoms with Crippen LogP contribution in [0, 0.1) is 5.92 Å². The Morgan fingerprint density at radius 2 is 2.47 bits per heavy atom. The van der Waals surface area contributed by atoms with Gasteiger partial charge in [-0.3, -0.25) is 4.68 Å². The van der Waals surface area contributed by atoms with E-state index in [1.165, 1.54) is 12.1 Å². The van der Waals surface area contributed by atoms with E-state index in [2.05, 4.69) is 21.5 Å². The van der Waals surface area contributed by atoms with Crippen LogP contribution in [0.25, 0.3) is 0 Å². The Morgan fingerprint density at radius 3 is 3.24 bits per heavy atom. The molecule has 5 heteroatoms. The fourth-order valence-corrected chi connectivity index (χ4v) is 2.35. The molecule has 0 aromatic carbocycles. The lowest BCUT2D eigenvalue weighted by Gasteiger charge is -2.15. The second-order valence-corrected chi connectivity index (χ2v) is 4.61. The molecular weight excluding hydrogens is 216 g/mol. The summed E-state index contributed by atoms with van der Waals surface area (Å²) in [6.45, 7) is 4.92. The van der Waals surface area contributed by atoms with E-state index < -0.39 is 0 Å². The number of nitrogens with zero attached hydrogens (tertiary/aromatic N) is 3. The highest BCUT2D eigenvalue weighted by atomic mass is 16.5. The molecule has 1 saturated heterocycles. The van der Waals surface area contributed by atoms with E-state index >= 15 is 0 Å². The number of ether oxygens (including phenoxy) is 1. The molecule has 5 nitrogen and oxygen atoms in total. The van der Waals surface area contributed by atoms with Gasteiger partial charge >= 0.3 is 0 Å². The van der Waals surface area contributed by atoms with Crippen LogP contribution in [-0.4, -0.2) is 50.2 Å². The fraction of sp³-hybridized carbons (Fsp3) is 0.750. The molecule has 1 unspecified atom stereocenters. The van der Waals surface area contributed by atoms with E-state index in [0.29, 0.717) is 6.61 Å². The van der Waals surface area contributed by atoms with Crippen molar-refractivity contribution in [3.05, 3.63) is 12.4 Å². The normalized spacial score (nSPS) is 20.1. The van der Waals surface area contributed by atoms with Crippen molar-refractivity contribution < 1.29 is 4.74 Å². The summed E-state index contributed by atoms with van der Waals surface area (Å²) in [5.41, 5.74) is 1.24. The second kappa shape index (κ2) is 6.02. The maximum atomic E-state index is 5.05. The summed E-state index contributed by atoms with van der Waals surface area (Å²) in [4.78, 5) is 2.41. The van der Waals surface area contributed by atoms with E-state index in [-0.39, 0.29) is 0 Å². The van der Waals surface area contributed by atoms with Crippen molar-refractivity contribution >= 4 is 5.69 Å². The monoisotopic (exact) mass is 238 g/mol. The smallest absolute Gasteiger partial charge is 0.0752 e. The summed E-state index contributed by atoms with van der Waals surface area (Å²) in [5.74, 6) is 0.766. The lowest BCUT2D eigenvalue weighted by Crippen LogP contribution is -2.24. The summed E-state index contributed by atoms with van der Waals surface area (Å²) in [6.07, 6.45) is 5.34. The molecule has 96 valence electrons. The lowest BCUT2D eigenvalue weighted by molar-refractivity contribution is 0.183. The molecule has 0 saturated carbocycles. The molecule has 2 rings (SSSR count). The van der Waals surface area contributed by atoms with Crippen LogP contribution in [0.3, 0.4) is 0 Å². The van der Waals surface area contributed by atoms with Gasteiger partial charge in [0.2, 0.25) is 0 Å². The summed E-state index contributed by atoms with van der Waals surface area (Å²) < 4.78 is 7.00. The predicted molar refractivity (Wildman–Crippen MR) is 68.3 cm³/mol. The Hall–Kier alpha value is -1.07. The van der Waals surface area contributed by atoms with Gasteiger partial charge in [0.1, 0.15) is 0 Å². The van der Waals surface area contributed by atoms with Gasteiger partial charge in [-0.05, 0) is 25.9 Å². The van der Waals surface area contributed by atoms with Gasteiger partial charge < -0.3 is 15.0 Å². The Morgan fingerprint density at radius 1 is 1.59 bits per heavy atom. The Labute approximate surface area is 103 Å². The maximum Gasteiger partial charge on any atom is 0.0752 e. The highest BCUT2D eigenvalue weighted by Gasteiger charge is 2.22. The van der Waals surface area contributed by atoms with Gasteiger partial charge in [0, 0.05) is 26.4 Å². The van der Waals surface area contributed by atoms with Gasteiger partial charge in [0.15, 0.2) is 0 Å². The zero-order chi connectivity index (χ0) is 12.1. The molecule has 1 fully saturated rings. The molecule has 1 aliphatic rings. The average molecular weight is 238 g/mol. The molecule has 2 heterocycles. The van der Waals surface area contributed by atoms with Crippen LogP contribution in [0.15, 0.2) is 12.4 Å². The van der Waals surface area contributed by atoms with Gasteiger partial charge in [0.05, 0.1) is 25.0 Å². The predicted octanol–water partition coefficient (Wildman–Crippen LogP) is 0.575. The topological polar surface area (TPSA) is 42.3 Å². The van der Waals surface area contributed by atoms with Gasteiger partial charge in [-0.25, -0.2) is 0 Å². The SMILES string of the molecule is CNCC1CCN(c2cnn(CCOC)c2)C1. The molecule has 0 amide bonds. The number of methoxy groups -OCH3 is 1. The number of anilines is 1. The summed E-state index contributed by atoms with van der Waals surface area (Å²) in [5, 5.41) is 7.60. The van der Waals surface area contributed by atoms with Gasteiger partial charge in [-0.2, -0.15) is 5.10 Å². The molecular formula is C12H22N4O. The van der Waals surface area contributed by atoms with E-state index in [9.17, 15) is 0 Å². The summed E-state index contributed by atoms with van der Waals surface area (Å²) in [6, 6.07) is 0. The van der Waals surface area contributed by atoms with E-state index in [1.54, 1.807) is 7.11 Å². The first-order valence-electron chi connectivity index (χ1n) is 6.24. The van der Waals surface area contributed by atoms with Crippen LogP contribution in [-0.2, 0) is 11.3 Å². The first kappa shape index (κ1) is 12.4. The Kier molecular flexibility index (Phi) is 4.39. The van der Waals surface area contributed by atoms with Crippen LogP contribution < -0.4 is 10.2 Å². The number of nitrogens with one attached hydrogen (secondary N) is 1. The minimum atomic E-state index is 0.712. The molecule has 1 aromatic rings. The third-order valence-corrected chi connectivity index (χ3v) is 3.29. The maximum absolute atomic E-state index is 5.05. The minimum Gasteiger partial charge on any atom is -0.383 e. The average Bonchev–Trinajstić information content (AvgIpc) is 2.95. The Balaban J connectivity index is 1.88. The molecule has 1 N–H and O–H groups in total. The van der Waals surface area contributed by atoms with Gasteiger partial charge in [-0.1, -0.05) is 0 Å². The molecule has 0 bridgehead atoms. The molecule has 1 aliphatic heterocycles. The van der Waals surface area contributed by atoms with Crippen molar-refractivity contribution in [3.8, 4) is 0 Å². The van der Waals surface area contributed by atoms with Crippen molar-refractivity contribution in [2.24, 2.45) is 5.92 Å². The van der Waals surface area contributed by atoms with Crippen molar-refractivity contribution in [1.82, 2.24) is 15.1 Å². The quantitative estimate of drug-likeness (QED) is 0.787. The van der Waals surface area contributed by atoms with Crippen LogP contribution in [0.1, 0.15) is 6.42 Å². The van der Waals surface area contributed by atoms with Crippen LogP contribution in [0.2, 0.25) is 0 Å². The molecule has 17 heavy (non-hydrogen) atoms. The van der Waals surface area contributed by atoms with Gasteiger partial charge in [0.25, 0.3) is 0 Å². The summed E-state index contributed by atoms with van der Waals surface area (Å²) in [7, 11) is 3.73.